The highest BCUT2D eigenvalue weighted by Gasteiger charge is 2.17. The van der Waals surface area contributed by atoms with Gasteiger partial charge in [-0.25, -0.2) is 0 Å². The van der Waals surface area contributed by atoms with E-state index in [1.165, 1.54) is 0 Å². The van der Waals surface area contributed by atoms with E-state index in [0.717, 1.165) is 11.4 Å². The number of rotatable bonds is 5. The van der Waals surface area contributed by atoms with Gasteiger partial charge in [0.15, 0.2) is 0 Å². The Labute approximate surface area is 141 Å². The standard InChI is InChI=1S/C18H20N6/c1-13(2)20-17-21-16(19)22-18(23-17)24(14-9-5-3-6-10-14)15-11-7-4-8-12-15/h3-13H,1-2H3,(H3,19,20,21,22,23). The van der Waals surface area contributed by atoms with Gasteiger partial charge in [-0.2, -0.15) is 15.0 Å². The van der Waals surface area contributed by atoms with Gasteiger partial charge in [0.1, 0.15) is 0 Å². The summed E-state index contributed by atoms with van der Waals surface area (Å²) in [7, 11) is 0. The van der Waals surface area contributed by atoms with Crippen LogP contribution < -0.4 is 16.0 Å². The van der Waals surface area contributed by atoms with Gasteiger partial charge in [-0.3, -0.25) is 4.90 Å². The van der Waals surface area contributed by atoms with Crippen LogP contribution in [0.15, 0.2) is 60.7 Å². The minimum atomic E-state index is 0.181. The minimum Gasteiger partial charge on any atom is -0.368 e. The molecule has 6 heteroatoms. The van der Waals surface area contributed by atoms with Gasteiger partial charge in [-0.1, -0.05) is 36.4 Å². The smallest absolute Gasteiger partial charge is 0.241 e. The Morgan fingerprint density at radius 2 is 1.38 bits per heavy atom. The SMILES string of the molecule is CC(C)Nc1nc(N)nc(N(c2ccccc2)c2ccccc2)n1. The lowest BCUT2D eigenvalue weighted by Gasteiger charge is -2.23. The molecule has 3 rings (SSSR count). The third-order valence-electron chi connectivity index (χ3n) is 3.29. The van der Waals surface area contributed by atoms with Crippen molar-refractivity contribution in [3.05, 3.63) is 60.7 Å². The van der Waals surface area contributed by atoms with Gasteiger partial charge < -0.3 is 11.1 Å². The second-order valence-corrected chi connectivity index (χ2v) is 5.62. The number of para-hydroxylation sites is 2. The lowest BCUT2D eigenvalue weighted by atomic mass is 10.2. The molecule has 6 nitrogen and oxygen atoms in total. The van der Waals surface area contributed by atoms with Crippen LogP contribution in [0.4, 0.5) is 29.2 Å². The number of benzene rings is 2. The van der Waals surface area contributed by atoms with Crippen LogP contribution in [0, 0.1) is 0 Å². The highest BCUT2D eigenvalue weighted by atomic mass is 15.3. The van der Waals surface area contributed by atoms with Gasteiger partial charge in [-0.05, 0) is 38.1 Å². The summed E-state index contributed by atoms with van der Waals surface area (Å²) < 4.78 is 0. The molecule has 2 aromatic carbocycles. The molecule has 1 heterocycles. The van der Waals surface area contributed by atoms with Crippen LogP contribution >= 0.6 is 0 Å². The van der Waals surface area contributed by atoms with E-state index in [-0.39, 0.29) is 12.0 Å². The van der Waals surface area contributed by atoms with E-state index >= 15 is 0 Å². The zero-order valence-electron chi connectivity index (χ0n) is 13.7. The number of nitrogens with two attached hydrogens (primary N) is 1. The molecule has 0 aliphatic heterocycles. The molecule has 1 aromatic heterocycles. The highest BCUT2D eigenvalue weighted by Crippen LogP contribution is 2.32. The predicted octanol–water partition coefficient (Wildman–Crippen LogP) is 3.74. The zero-order chi connectivity index (χ0) is 16.9. The Morgan fingerprint density at radius 3 is 1.88 bits per heavy atom. The van der Waals surface area contributed by atoms with E-state index in [0.29, 0.717) is 11.9 Å². The number of anilines is 5. The third-order valence-corrected chi connectivity index (χ3v) is 3.29. The predicted molar refractivity (Wildman–Crippen MR) is 97.7 cm³/mol. The summed E-state index contributed by atoms with van der Waals surface area (Å²) in [6.07, 6.45) is 0. The average molecular weight is 320 g/mol. The first-order valence-electron chi connectivity index (χ1n) is 7.82. The fourth-order valence-electron chi connectivity index (χ4n) is 2.34. The molecular weight excluding hydrogens is 300 g/mol. The Bertz CT molecular complexity index is 750. The van der Waals surface area contributed by atoms with Crippen LogP contribution in [0.5, 0.6) is 0 Å². The molecule has 0 radical (unpaired) electrons. The molecule has 24 heavy (non-hydrogen) atoms. The second kappa shape index (κ2) is 6.95. The number of nitrogen functional groups attached to an aromatic ring is 1. The van der Waals surface area contributed by atoms with Gasteiger partial charge in [0.25, 0.3) is 0 Å². The monoisotopic (exact) mass is 320 g/mol. The van der Waals surface area contributed by atoms with Gasteiger partial charge in [0, 0.05) is 17.4 Å². The summed E-state index contributed by atoms with van der Waals surface area (Å²) in [4.78, 5) is 15.0. The van der Waals surface area contributed by atoms with Crippen molar-refractivity contribution in [3.63, 3.8) is 0 Å². The van der Waals surface area contributed by atoms with E-state index in [4.69, 9.17) is 5.73 Å². The molecule has 0 atom stereocenters. The molecule has 0 aliphatic carbocycles. The topological polar surface area (TPSA) is 80.0 Å². The molecule has 0 saturated carbocycles. The van der Waals surface area contributed by atoms with Crippen molar-refractivity contribution in [1.29, 1.82) is 0 Å². The first-order valence-corrected chi connectivity index (χ1v) is 7.82. The van der Waals surface area contributed by atoms with Crippen molar-refractivity contribution in [2.45, 2.75) is 19.9 Å². The number of nitrogens with zero attached hydrogens (tertiary/aromatic N) is 4. The van der Waals surface area contributed by atoms with Crippen molar-refractivity contribution in [2.24, 2.45) is 0 Å². The van der Waals surface area contributed by atoms with E-state index in [1.54, 1.807) is 0 Å². The molecule has 0 aliphatic rings. The second-order valence-electron chi connectivity index (χ2n) is 5.62. The Balaban J connectivity index is 2.11. The van der Waals surface area contributed by atoms with Crippen LogP contribution in [0.1, 0.15) is 13.8 Å². The Kier molecular flexibility index (Phi) is 4.56. The Morgan fingerprint density at radius 1 is 0.833 bits per heavy atom. The summed E-state index contributed by atoms with van der Waals surface area (Å²) in [5.41, 5.74) is 7.80. The quantitative estimate of drug-likeness (QED) is 0.745. The zero-order valence-corrected chi connectivity index (χ0v) is 13.7. The molecule has 3 aromatic rings. The van der Waals surface area contributed by atoms with E-state index in [2.05, 4.69) is 20.3 Å². The van der Waals surface area contributed by atoms with E-state index < -0.39 is 0 Å². The molecule has 0 bridgehead atoms. The third kappa shape index (κ3) is 3.60. The van der Waals surface area contributed by atoms with Crippen LogP contribution in [0.25, 0.3) is 0 Å². The van der Waals surface area contributed by atoms with Crippen LogP contribution in [-0.4, -0.2) is 21.0 Å². The van der Waals surface area contributed by atoms with Gasteiger partial charge in [0.05, 0.1) is 0 Å². The molecule has 0 amide bonds. The molecule has 122 valence electrons. The van der Waals surface area contributed by atoms with Gasteiger partial charge in [-0.15, -0.1) is 0 Å². The fourth-order valence-corrected chi connectivity index (χ4v) is 2.34. The number of hydrogen-bond donors (Lipinski definition) is 2. The molecule has 3 N–H and O–H groups in total. The fraction of sp³-hybridized carbons (Fsp3) is 0.167. The molecular formula is C18H20N6. The summed E-state index contributed by atoms with van der Waals surface area (Å²) in [6.45, 7) is 4.04. The summed E-state index contributed by atoms with van der Waals surface area (Å²) in [5.74, 6) is 1.12. The van der Waals surface area contributed by atoms with Crippen LogP contribution in [0.2, 0.25) is 0 Å². The lowest BCUT2D eigenvalue weighted by molar-refractivity contribution is 0.867. The van der Waals surface area contributed by atoms with Gasteiger partial charge >= 0.3 is 0 Å². The maximum atomic E-state index is 5.90. The van der Waals surface area contributed by atoms with E-state index in [9.17, 15) is 0 Å². The molecule has 0 unspecified atom stereocenters. The Hall–Kier alpha value is -3.15. The summed E-state index contributed by atoms with van der Waals surface area (Å²) in [5, 5.41) is 3.17. The molecule has 0 spiro atoms. The first-order chi connectivity index (χ1) is 11.6. The minimum absolute atomic E-state index is 0.181. The van der Waals surface area contributed by atoms with Crippen molar-refractivity contribution < 1.29 is 0 Å². The van der Waals surface area contributed by atoms with Crippen LogP contribution in [0.3, 0.4) is 0 Å². The van der Waals surface area contributed by atoms with Crippen molar-refractivity contribution in [3.8, 4) is 0 Å². The van der Waals surface area contributed by atoms with Crippen molar-refractivity contribution in [2.75, 3.05) is 16.0 Å². The first kappa shape index (κ1) is 15.7. The number of nitrogens with one attached hydrogen (secondary N) is 1. The largest absolute Gasteiger partial charge is 0.368 e. The van der Waals surface area contributed by atoms with Crippen molar-refractivity contribution >= 4 is 29.2 Å². The summed E-state index contributed by atoms with van der Waals surface area (Å²) >= 11 is 0. The van der Waals surface area contributed by atoms with Gasteiger partial charge in [0.2, 0.25) is 17.8 Å². The normalized spacial score (nSPS) is 10.6. The lowest BCUT2D eigenvalue weighted by Crippen LogP contribution is -2.18. The number of hydrogen-bond acceptors (Lipinski definition) is 6. The van der Waals surface area contributed by atoms with E-state index in [1.807, 2.05) is 79.4 Å². The highest BCUT2D eigenvalue weighted by molar-refractivity contribution is 5.73. The number of aromatic nitrogens is 3. The average Bonchev–Trinajstić information content (AvgIpc) is 2.56. The molecule has 0 saturated heterocycles. The maximum Gasteiger partial charge on any atom is 0.241 e. The van der Waals surface area contributed by atoms with Crippen LogP contribution in [-0.2, 0) is 0 Å². The summed E-state index contributed by atoms with van der Waals surface area (Å²) in [6, 6.07) is 20.1. The maximum absolute atomic E-state index is 5.90. The van der Waals surface area contributed by atoms with Crippen molar-refractivity contribution in [1.82, 2.24) is 15.0 Å². The molecule has 0 fully saturated rings.